The third kappa shape index (κ3) is 2.98. The van der Waals surface area contributed by atoms with Crippen molar-refractivity contribution in [3.63, 3.8) is 0 Å². The second-order valence-electron chi connectivity index (χ2n) is 4.12. The molecule has 4 nitrogen and oxygen atoms in total. The van der Waals surface area contributed by atoms with E-state index in [1.54, 1.807) is 18.2 Å². The first kappa shape index (κ1) is 13.7. The highest BCUT2D eigenvalue weighted by Gasteiger charge is 2.06. The van der Waals surface area contributed by atoms with Crippen LogP contribution in [0, 0.1) is 17.1 Å². The fraction of sp³-hybridized carbons (Fsp3) is 0.133. The van der Waals surface area contributed by atoms with Crippen molar-refractivity contribution in [1.82, 2.24) is 0 Å². The van der Waals surface area contributed by atoms with Crippen LogP contribution in [0.5, 0.6) is 11.5 Å². The summed E-state index contributed by atoms with van der Waals surface area (Å²) in [5, 5.41) is 8.90. The molecule has 0 aliphatic rings. The van der Waals surface area contributed by atoms with Gasteiger partial charge in [-0.1, -0.05) is 6.07 Å². The molecule has 0 spiro atoms. The van der Waals surface area contributed by atoms with Crippen LogP contribution in [0.25, 0.3) is 0 Å². The summed E-state index contributed by atoms with van der Waals surface area (Å²) < 4.78 is 23.5. The number of hydrogen-bond acceptors (Lipinski definition) is 4. The van der Waals surface area contributed by atoms with Crippen LogP contribution in [0.4, 0.5) is 10.1 Å². The molecule has 0 atom stereocenters. The van der Waals surface area contributed by atoms with Gasteiger partial charge in [0.05, 0.1) is 18.4 Å². The highest BCUT2D eigenvalue weighted by atomic mass is 19.1. The van der Waals surface area contributed by atoms with Gasteiger partial charge in [-0.25, -0.2) is 4.39 Å². The minimum absolute atomic E-state index is 0.241. The first-order valence-electron chi connectivity index (χ1n) is 5.89. The predicted octanol–water partition coefficient (Wildman–Crippen LogP) is 2.87. The summed E-state index contributed by atoms with van der Waals surface area (Å²) in [5.74, 6) is 0.491. The lowest BCUT2D eigenvalue weighted by molar-refractivity contribution is 0.306. The number of anilines is 1. The average Bonchev–Trinajstić information content (AvgIpc) is 2.46. The van der Waals surface area contributed by atoms with Gasteiger partial charge in [0, 0.05) is 6.07 Å². The molecule has 0 heterocycles. The molecule has 0 aromatic heterocycles. The lowest BCUT2D eigenvalue weighted by atomic mass is 10.1. The van der Waals surface area contributed by atoms with Crippen LogP contribution >= 0.6 is 0 Å². The van der Waals surface area contributed by atoms with E-state index in [2.05, 4.69) is 0 Å². The van der Waals surface area contributed by atoms with Crippen LogP contribution in [0.3, 0.4) is 0 Å². The summed E-state index contributed by atoms with van der Waals surface area (Å²) in [7, 11) is 1.50. The van der Waals surface area contributed by atoms with Crippen molar-refractivity contribution in [2.75, 3.05) is 12.8 Å². The van der Waals surface area contributed by atoms with Gasteiger partial charge in [0.1, 0.15) is 30.0 Å². The number of hydrogen-bond donors (Lipinski definition) is 1. The number of rotatable bonds is 4. The Hall–Kier alpha value is -2.74. The molecule has 2 aromatic carbocycles. The van der Waals surface area contributed by atoms with Crippen molar-refractivity contribution in [3.8, 4) is 17.6 Å². The van der Waals surface area contributed by atoms with E-state index in [-0.39, 0.29) is 12.3 Å². The van der Waals surface area contributed by atoms with Gasteiger partial charge >= 0.3 is 0 Å². The Kier molecular flexibility index (Phi) is 4.06. The smallest absolute Gasteiger partial charge is 0.142 e. The minimum atomic E-state index is -0.408. The highest BCUT2D eigenvalue weighted by Crippen LogP contribution is 2.24. The van der Waals surface area contributed by atoms with E-state index in [0.29, 0.717) is 17.1 Å². The minimum Gasteiger partial charge on any atom is -0.495 e. The number of benzene rings is 2. The van der Waals surface area contributed by atoms with Gasteiger partial charge in [-0.2, -0.15) is 5.26 Å². The Morgan fingerprint density at radius 3 is 2.65 bits per heavy atom. The van der Waals surface area contributed by atoms with Crippen molar-refractivity contribution >= 4 is 5.69 Å². The molecule has 0 unspecified atom stereocenters. The van der Waals surface area contributed by atoms with Gasteiger partial charge in [-0.05, 0) is 29.8 Å². The Morgan fingerprint density at radius 1 is 1.20 bits per heavy atom. The fourth-order valence-corrected chi connectivity index (χ4v) is 1.73. The van der Waals surface area contributed by atoms with Crippen LogP contribution in [-0.2, 0) is 6.61 Å². The monoisotopic (exact) mass is 272 g/mol. The summed E-state index contributed by atoms with van der Waals surface area (Å²) in [4.78, 5) is 0. The van der Waals surface area contributed by atoms with Gasteiger partial charge in [0.2, 0.25) is 0 Å². The molecule has 0 amide bonds. The molecule has 2 N–H and O–H groups in total. The molecule has 0 fully saturated rings. The quantitative estimate of drug-likeness (QED) is 0.869. The second kappa shape index (κ2) is 5.93. The number of nitrogens with zero attached hydrogens (tertiary/aromatic N) is 1. The second-order valence-corrected chi connectivity index (χ2v) is 4.12. The molecule has 2 rings (SSSR count). The summed E-state index contributed by atoms with van der Waals surface area (Å²) in [5.41, 5.74) is 7.18. The maximum Gasteiger partial charge on any atom is 0.142 e. The number of methoxy groups -OCH3 is 1. The summed E-state index contributed by atoms with van der Waals surface area (Å²) >= 11 is 0. The Morgan fingerprint density at radius 2 is 2.00 bits per heavy atom. The fourth-order valence-electron chi connectivity index (χ4n) is 1.73. The number of ether oxygens (including phenoxy) is 2. The van der Waals surface area contributed by atoms with Crippen molar-refractivity contribution < 1.29 is 13.9 Å². The van der Waals surface area contributed by atoms with Gasteiger partial charge in [-0.15, -0.1) is 0 Å². The standard InChI is InChI=1S/C15H13FN2O2/c1-19-15-6-10(2-3-11(15)8-17)9-20-14-5-4-12(16)7-13(14)18/h2-7H,9,18H2,1H3. The molecule has 0 radical (unpaired) electrons. The molecule has 20 heavy (non-hydrogen) atoms. The number of nitriles is 1. The molecule has 0 aliphatic heterocycles. The zero-order chi connectivity index (χ0) is 14.5. The van der Waals surface area contributed by atoms with E-state index in [1.807, 2.05) is 6.07 Å². The highest BCUT2D eigenvalue weighted by molar-refractivity contribution is 5.52. The number of nitrogen functional groups attached to an aromatic ring is 1. The normalized spacial score (nSPS) is 9.85. The Balaban J connectivity index is 2.13. The van der Waals surface area contributed by atoms with Crippen molar-refractivity contribution in [3.05, 3.63) is 53.3 Å². The number of halogens is 1. The van der Waals surface area contributed by atoms with Crippen LogP contribution in [0.2, 0.25) is 0 Å². The zero-order valence-electron chi connectivity index (χ0n) is 10.9. The molecule has 102 valence electrons. The molecular weight excluding hydrogens is 259 g/mol. The summed E-state index contributed by atoms with van der Waals surface area (Å²) in [6, 6.07) is 11.1. The lowest BCUT2D eigenvalue weighted by Crippen LogP contribution is -2.00. The maximum atomic E-state index is 12.9. The van der Waals surface area contributed by atoms with Crippen molar-refractivity contribution in [1.29, 1.82) is 5.26 Å². The molecule has 0 saturated heterocycles. The van der Waals surface area contributed by atoms with E-state index in [1.165, 1.54) is 25.3 Å². The first-order chi connectivity index (χ1) is 9.63. The number of nitrogens with two attached hydrogens (primary N) is 1. The predicted molar refractivity (Wildman–Crippen MR) is 72.9 cm³/mol. The van der Waals surface area contributed by atoms with E-state index in [4.69, 9.17) is 20.5 Å². The van der Waals surface area contributed by atoms with Crippen LogP contribution < -0.4 is 15.2 Å². The topological polar surface area (TPSA) is 68.3 Å². The molecule has 2 aromatic rings. The van der Waals surface area contributed by atoms with E-state index >= 15 is 0 Å². The molecule has 0 bridgehead atoms. The third-order valence-corrected chi connectivity index (χ3v) is 2.75. The van der Waals surface area contributed by atoms with Crippen molar-refractivity contribution in [2.24, 2.45) is 0 Å². The maximum absolute atomic E-state index is 12.9. The van der Waals surface area contributed by atoms with Gasteiger partial charge < -0.3 is 15.2 Å². The Bertz CT molecular complexity index is 665. The van der Waals surface area contributed by atoms with Gasteiger partial charge in [0.15, 0.2) is 0 Å². The van der Waals surface area contributed by atoms with Gasteiger partial charge in [0.25, 0.3) is 0 Å². The zero-order valence-corrected chi connectivity index (χ0v) is 10.9. The van der Waals surface area contributed by atoms with Crippen LogP contribution in [-0.4, -0.2) is 7.11 Å². The van der Waals surface area contributed by atoms with E-state index < -0.39 is 5.82 Å². The lowest BCUT2D eigenvalue weighted by Gasteiger charge is -2.10. The third-order valence-electron chi connectivity index (χ3n) is 2.75. The van der Waals surface area contributed by atoms with Crippen LogP contribution in [0.1, 0.15) is 11.1 Å². The van der Waals surface area contributed by atoms with E-state index in [9.17, 15) is 4.39 Å². The van der Waals surface area contributed by atoms with Crippen molar-refractivity contribution in [2.45, 2.75) is 6.61 Å². The summed E-state index contributed by atoms with van der Waals surface area (Å²) in [6.45, 7) is 0.248. The molecule has 0 saturated carbocycles. The molecule has 0 aliphatic carbocycles. The molecule has 5 heteroatoms. The Labute approximate surface area is 116 Å². The van der Waals surface area contributed by atoms with E-state index in [0.717, 1.165) is 5.56 Å². The van der Waals surface area contributed by atoms with Gasteiger partial charge in [-0.3, -0.25) is 0 Å². The first-order valence-corrected chi connectivity index (χ1v) is 5.89. The van der Waals surface area contributed by atoms with Crippen LogP contribution in [0.15, 0.2) is 36.4 Å². The average molecular weight is 272 g/mol. The summed E-state index contributed by atoms with van der Waals surface area (Å²) in [6.07, 6.45) is 0. The SMILES string of the molecule is COc1cc(COc2ccc(F)cc2N)ccc1C#N. The largest absolute Gasteiger partial charge is 0.495 e. The molecular formula is C15H13FN2O2.